The van der Waals surface area contributed by atoms with Crippen LogP contribution < -0.4 is 4.74 Å². The van der Waals surface area contributed by atoms with Crippen molar-refractivity contribution in [2.75, 3.05) is 7.11 Å². The Morgan fingerprint density at radius 1 is 1.13 bits per heavy atom. The highest BCUT2D eigenvalue weighted by Gasteiger charge is 2.27. The van der Waals surface area contributed by atoms with Crippen LogP contribution in [0, 0.1) is 6.92 Å². The van der Waals surface area contributed by atoms with Crippen molar-refractivity contribution >= 4 is 12.2 Å². The van der Waals surface area contributed by atoms with Crippen LogP contribution in [0.2, 0.25) is 0 Å². The molecule has 4 heterocycles. The van der Waals surface area contributed by atoms with Crippen LogP contribution >= 0.6 is 0 Å². The highest BCUT2D eigenvalue weighted by Crippen LogP contribution is 2.32. The van der Waals surface area contributed by atoms with E-state index in [4.69, 9.17) is 9.72 Å². The molecule has 30 heavy (non-hydrogen) atoms. The maximum atomic E-state index is 5.53. The summed E-state index contributed by atoms with van der Waals surface area (Å²) in [5.41, 5.74) is 3.14. The Labute approximate surface area is 174 Å². The SMILES string of the molecule is COc1cc(C=Cc2nc3n(n2)CC[C@@H]3c2ccccc2)cnc1-n1cnc(C)c1. The van der Waals surface area contributed by atoms with Crippen LogP contribution in [0.1, 0.15) is 40.8 Å². The normalized spacial score (nSPS) is 15.6. The van der Waals surface area contributed by atoms with Gasteiger partial charge in [-0.15, -0.1) is 0 Å². The number of ether oxygens (including phenoxy) is 1. The Balaban J connectivity index is 1.39. The Morgan fingerprint density at radius 2 is 2.00 bits per heavy atom. The number of nitrogens with zero attached hydrogens (tertiary/aromatic N) is 6. The van der Waals surface area contributed by atoms with Crippen molar-refractivity contribution in [1.29, 1.82) is 0 Å². The second kappa shape index (κ2) is 7.59. The first-order chi connectivity index (χ1) is 14.7. The number of fused-ring (bicyclic) bond motifs is 1. The van der Waals surface area contributed by atoms with Gasteiger partial charge < -0.3 is 4.74 Å². The van der Waals surface area contributed by atoms with Crippen molar-refractivity contribution in [2.24, 2.45) is 0 Å². The van der Waals surface area contributed by atoms with Crippen LogP contribution in [-0.4, -0.2) is 36.4 Å². The van der Waals surface area contributed by atoms with Gasteiger partial charge in [-0.1, -0.05) is 30.3 Å². The van der Waals surface area contributed by atoms with E-state index in [-0.39, 0.29) is 0 Å². The molecule has 1 aliphatic rings. The third-order valence-corrected chi connectivity index (χ3v) is 5.31. The molecule has 1 aliphatic heterocycles. The van der Waals surface area contributed by atoms with Crippen LogP contribution in [0.5, 0.6) is 5.75 Å². The molecule has 0 spiro atoms. The van der Waals surface area contributed by atoms with Gasteiger partial charge in [-0.05, 0) is 42.7 Å². The molecular formula is C23H22N6O. The molecule has 1 atom stereocenters. The quantitative estimate of drug-likeness (QED) is 0.510. The molecule has 1 aromatic carbocycles. The zero-order chi connectivity index (χ0) is 20.5. The number of benzene rings is 1. The zero-order valence-electron chi connectivity index (χ0n) is 16.9. The Bertz CT molecular complexity index is 1210. The molecule has 0 amide bonds. The molecule has 0 aliphatic carbocycles. The first-order valence-corrected chi connectivity index (χ1v) is 9.94. The molecule has 0 saturated carbocycles. The average Bonchev–Trinajstić information content (AvgIpc) is 3.48. The van der Waals surface area contributed by atoms with E-state index in [0.717, 1.165) is 30.0 Å². The molecule has 7 heteroatoms. The van der Waals surface area contributed by atoms with Crippen molar-refractivity contribution in [3.63, 3.8) is 0 Å². The molecule has 0 N–H and O–H groups in total. The van der Waals surface area contributed by atoms with Crippen molar-refractivity contribution < 1.29 is 4.74 Å². The van der Waals surface area contributed by atoms with E-state index in [2.05, 4.69) is 39.3 Å². The van der Waals surface area contributed by atoms with Gasteiger partial charge in [0.1, 0.15) is 12.2 Å². The third-order valence-electron chi connectivity index (χ3n) is 5.31. The second-order valence-electron chi connectivity index (χ2n) is 7.35. The second-order valence-corrected chi connectivity index (χ2v) is 7.35. The highest BCUT2D eigenvalue weighted by atomic mass is 16.5. The van der Waals surface area contributed by atoms with E-state index >= 15 is 0 Å². The molecule has 0 bridgehead atoms. The summed E-state index contributed by atoms with van der Waals surface area (Å²) < 4.78 is 9.40. The summed E-state index contributed by atoms with van der Waals surface area (Å²) in [7, 11) is 1.64. The first-order valence-electron chi connectivity index (χ1n) is 9.94. The maximum absolute atomic E-state index is 5.53. The number of imidazole rings is 1. The van der Waals surface area contributed by atoms with E-state index in [0.29, 0.717) is 23.3 Å². The summed E-state index contributed by atoms with van der Waals surface area (Å²) in [5.74, 6) is 3.43. The van der Waals surface area contributed by atoms with Gasteiger partial charge in [0, 0.05) is 24.9 Å². The molecule has 0 radical (unpaired) electrons. The van der Waals surface area contributed by atoms with Gasteiger partial charge in [-0.3, -0.25) is 4.57 Å². The van der Waals surface area contributed by atoms with E-state index < -0.39 is 0 Å². The molecule has 0 fully saturated rings. The monoisotopic (exact) mass is 398 g/mol. The topological polar surface area (TPSA) is 70.7 Å². The molecule has 0 saturated heterocycles. The Kier molecular flexibility index (Phi) is 4.63. The summed E-state index contributed by atoms with van der Waals surface area (Å²) in [4.78, 5) is 13.6. The lowest BCUT2D eigenvalue weighted by Crippen LogP contribution is -1.99. The van der Waals surface area contributed by atoms with Crippen molar-refractivity contribution in [2.45, 2.75) is 25.8 Å². The summed E-state index contributed by atoms with van der Waals surface area (Å²) >= 11 is 0. The van der Waals surface area contributed by atoms with Crippen molar-refractivity contribution in [3.8, 4) is 11.6 Å². The number of aromatic nitrogens is 6. The van der Waals surface area contributed by atoms with Crippen LogP contribution in [0.3, 0.4) is 0 Å². The summed E-state index contributed by atoms with van der Waals surface area (Å²) in [6.45, 7) is 2.84. The number of hydrogen-bond acceptors (Lipinski definition) is 5. The molecular weight excluding hydrogens is 376 g/mol. The fraction of sp³-hybridized carbons (Fsp3) is 0.217. The van der Waals surface area contributed by atoms with E-state index in [1.807, 2.05) is 46.7 Å². The highest BCUT2D eigenvalue weighted by molar-refractivity contribution is 5.67. The van der Waals surface area contributed by atoms with Gasteiger partial charge in [0.25, 0.3) is 0 Å². The van der Waals surface area contributed by atoms with Gasteiger partial charge in [0.15, 0.2) is 17.4 Å². The van der Waals surface area contributed by atoms with Crippen LogP contribution in [0.4, 0.5) is 0 Å². The van der Waals surface area contributed by atoms with Gasteiger partial charge >= 0.3 is 0 Å². The molecule has 7 nitrogen and oxygen atoms in total. The fourth-order valence-corrected chi connectivity index (χ4v) is 3.84. The molecule has 4 aromatic rings. The van der Waals surface area contributed by atoms with Gasteiger partial charge in [-0.25, -0.2) is 19.6 Å². The van der Waals surface area contributed by atoms with Crippen molar-refractivity contribution in [1.82, 2.24) is 29.3 Å². The third kappa shape index (κ3) is 3.39. The number of pyridine rings is 1. The standard InChI is InChI=1S/C23H22N6O/c1-16-14-28(15-25-16)23-20(30-2)12-17(13-24-23)8-9-21-26-22-19(10-11-29(22)27-21)18-6-4-3-5-7-18/h3-9,12-15,19H,10-11H2,1-2H3/t19-/m1/s1. The minimum Gasteiger partial charge on any atom is -0.493 e. The van der Waals surface area contributed by atoms with E-state index in [9.17, 15) is 0 Å². The Morgan fingerprint density at radius 3 is 2.77 bits per heavy atom. The summed E-state index contributed by atoms with van der Waals surface area (Å²) in [6, 6.07) is 12.5. The number of rotatable bonds is 5. The fourth-order valence-electron chi connectivity index (χ4n) is 3.84. The molecule has 5 rings (SSSR count). The van der Waals surface area contributed by atoms with Gasteiger partial charge in [-0.2, -0.15) is 5.10 Å². The molecule has 150 valence electrons. The average molecular weight is 398 g/mol. The van der Waals surface area contributed by atoms with E-state index in [1.54, 1.807) is 19.6 Å². The van der Waals surface area contributed by atoms with Gasteiger partial charge in [0.05, 0.1) is 12.8 Å². The summed E-state index contributed by atoms with van der Waals surface area (Å²) in [6.07, 6.45) is 10.4. The molecule has 3 aromatic heterocycles. The predicted octanol–water partition coefficient (Wildman–Crippen LogP) is 3.88. The lowest BCUT2D eigenvalue weighted by atomic mass is 9.97. The number of hydrogen-bond donors (Lipinski definition) is 0. The van der Waals surface area contributed by atoms with Crippen LogP contribution in [-0.2, 0) is 6.54 Å². The number of aryl methyl sites for hydroxylation is 2. The summed E-state index contributed by atoms with van der Waals surface area (Å²) in [5, 5.41) is 4.65. The van der Waals surface area contributed by atoms with E-state index in [1.165, 1.54) is 5.56 Å². The van der Waals surface area contributed by atoms with Crippen LogP contribution in [0.15, 0.2) is 55.1 Å². The Hall–Kier alpha value is -3.74. The smallest absolute Gasteiger partial charge is 0.180 e. The maximum Gasteiger partial charge on any atom is 0.180 e. The minimum absolute atomic E-state index is 0.306. The predicted molar refractivity (Wildman–Crippen MR) is 115 cm³/mol. The largest absolute Gasteiger partial charge is 0.493 e. The minimum atomic E-state index is 0.306. The van der Waals surface area contributed by atoms with Crippen LogP contribution in [0.25, 0.3) is 18.0 Å². The van der Waals surface area contributed by atoms with Gasteiger partial charge in [0.2, 0.25) is 0 Å². The van der Waals surface area contributed by atoms with Crippen molar-refractivity contribution in [3.05, 3.63) is 83.6 Å². The molecule has 0 unspecified atom stereocenters. The lowest BCUT2D eigenvalue weighted by molar-refractivity contribution is 0.410. The first kappa shape index (κ1) is 18.3. The zero-order valence-corrected chi connectivity index (χ0v) is 16.9. The number of methoxy groups -OCH3 is 1. The lowest BCUT2D eigenvalue weighted by Gasteiger charge is -2.08.